The molecule has 0 saturated carbocycles. The maximum atomic E-state index is 5.88. The number of hydrogen-bond acceptors (Lipinski definition) is 3. The standard InChI is InChI=1S/C13H25IO3/c1-4-6-7-8-16-10(3)13-11(15-5-2)9-12(14)17-13/h10-13H,4-9H2,1-3H3/t10-,11-,12+,13?/m0/s1. The highest BCUT2D eigenvalue weighted by atomic mass is 127. The van der Waals surface area contributed by atoms with Crippen LogP contribution in [0.2, 0.25) is 0 Å². The van der Waals surface area contributed by atoms with Crippen LogP contribution in [0.1, 0.15) is 46.5 Å². The fourth-order valence-corrected chi connectivity index (χ4v) is 2.98. The minimum Gasteiger partial charge on any atom is -0.376 e. The second-order valence-corrected chi connectivity index (χ2v) is 5.91. The molecule has 0 amide bonds. The van der Waals surface area contributed by atoms with Crippen molar-refractivity contribution in [3.63, 3.8) is 0 Å². The summed E-state index contributed by atoms with van der Waals surface area (Å²) < 4.78 is 17.7. The van der Waals surface area contributed by atoms with E-state index in [2.05, 4.69) is 36.4 Å². The van der Waals surface area contributed by atoms with E-state index in [1.165, 1.54) is 12.8 Å². The van der Waals surface area contributed by atoms with Gasteiger partial charge in [-0.2, -0.15) is 0 Å². The van der Waals surface area contributed by atoms with E-state index in [9.17, 15) is 0 Å². The van der Waals surface area contributed by atoms with Crippen molar-refractivity contribution in [2.24, 2.45) is 0 Å². The second-order valence-electron chi connectivity index (χ2n) is 4.52. The van der Waals surface area contributed by atoms with Gasteiger partial charge in [-0.15, -0.1) is 0 Å². The first kappa shape index (κ1) is 15.7. The van der Waals surface area contributed by atoms with Crippen molar-refractivity contribution in [1.82, 2.24) is 0 Å². The zero-order chi connectivity index (χ0) is 12.7. The Hall–Kier alpha value is 0.610. The fraction of sp³-hybridized carbons (Fsp3) is 1.00. The van der Waals surface area contributed by atoms with E-state index in [1.54, 1.807) is 0 Å². The Kier molecular flexibility index (Phi) is 7.99. The predicted molar refractivity (Wildman–Crippen MR) is 77.7 cm³/mol. The van der Waals surface area contributed by atoms with Gasteiger partial charge >= 0.3 is 0 Å². The molecule has 1 fully saturated rings. The van der Waals surface area contributed by atoms with E-state index in [-0.39, 0.29) is 22.4 Å². The smallest absolute Gasteiger partial charge is 0.112 e. The largest absolute Gasteiger partial charge is 0.376 e. The molecular formula is C13H25IO3. The summed E-state index contributed by atoms with van der Waals surface area (Å²) in [5, 5.41) is 0. The number of hydrogen-bond donors (Lipinski definition) is 0. The highest BCUT2D eigenvalue weighted by molar-refractivity contribution is 14.1. The third kappa shape index (κ3) is 5.41. The number of rotatable bonds is 8. The van der Waals surface area contributed by atoms with Gasteiger partial charge in [0.15, 0.2) is 0 Å². The molecule has 0 N–H and O–H groups in total. The maximum Gasteiger partial charge on any atom is 0.112 e. The van der Waals surface area contributed by atoms with E-state index < -0.39 is 0 Å². The Bertz CT molecular complexity index is 201. The molecular weight excluding hydrogens is 331 g/mol. The van der Waals surface area contributed by atoms with Crippen LogP contribution in [-0.2, 0) is 14.2 Å². The number of unbranched alkanes of at least 4 members (excludes halogenated alkanes) is 2. The van der Waals surface area contributed by atoms with Crippen molar-refractivity contribution in [2.45, 2.75) is 68.9 Å². The first-order valence-corrected chi connectivity index (χ1v) is 7.96. The van der Waals surface area contributed by atoms with Gasteiger partial charge in [-0.25, -0.2) is 0 Å². The molecule has 1 rings (SSSR count). The van der Waals surface area contributed by atoms with Crippen LogP contribution in [0.4, 0.5) is 0 Å². The zero-order valence-corrected chi connectivity index (χ0v) is 13.3. The molecule has 0 radical (unpaired) electrons. The fourth-order valence-electron chi connectivity index (χ4n) is 2.14. The zero-order valence-electron chi connectivity index (χ0n) is 11.2. The van der Waals surface area contributed by atoms with Crippen LogP contribution >= 0.6 is 22.6 Å². The normalized spacial score (nSPS) is 30.7. The van der Waals surface area contributed by atoms with Crippen molar-refractivity contribution < 1.29 is 14.2 Å². The minimum atomic E-state index is 0.0958. The third-order valence-corrected chi connectivity index (χ3v) is 3.86. The minimum absolute atomic E-state index is 0.0958. The van der Waals surface area contributed by atoms with E-state index in [0.29, 0.717) is 0 Å². The third-order valence-electron chi connectivity index (χ3n) is 3.06. The van der Waals surface area contributed by atoms with Crippen LogP contribution in [0.15, 0.2) is 0 Å². The molecule has 4 atom stereocenters. The van der Waals surface area contributed by atoms with Crippen molar-refractivity contribution in [2.75, 3.05) is 13.2 Å². The summed E-state index contributed by atoms with van der Waals surface area (Å²) in [4.78, 5) is 0. The summed E-state index contributed by atoms with van der Waals surface area (Å²) in [6.07, 6.45) is 5.00. The van der Waals surface area contributed by atoms with Gasteiger partial charge in [-0.3, -0.25) is 0 Å². The molecule has 1 saturated heterocycles. The molecule has 0 aromatic heterocycles. The lowest BCUT2D eigenvalue weighted by Crippen LogP contribution is -2.36. The average molecular weight is 356 g/mol. The highest BCUT2D eigenvalue weighted by Gasteiger charge is 2.38. The van der Waals surface area contributed by atoms with Gasteiger partial charge in [0.25, 0.3) is 0 Å². The average Bonchev–Trinajstić information content (AvgIpc) is 2.66. The van der Waals surface area contributed by atoms with Crippen molar-refractivity contribution in [3.05, 3.63) is 0 Å². The Balaban J connectivity index is 2.30. The number of halogens is 1. The van der Waals surface area contributed by atoms with Crippen LogP contribution in [0, 0.1) is 0 Å². The predicted octanol–water partition coefficient (Wildman–Crippen LogP) is 3.54. The van der Waals surface area contributed by atoms with Crippen LogP contribution in [-0.4, -0.2) is 35.6 Å². The molecule has 17 heavy (non-hydrogen) atoms. The maximum absolute atomic E-state index is 5.88. The lowest BCUT2D eigenvalue weighted by Gasteiger charge is -2.24. The first-order chi connectivity index (χ1) is 8.19. The van der Waals surface area contributed by atoms with Crippen molar-refractivity contribution in [1.29, 1.82) is 0 Å². The Labute approximate surface area is 119 Å². The molecule has 1 unspecified atom stereocenters. The topological polar surface area (TPSA) is 27.7 Å². The molecule has 1 aliphatic heterocycles. The van der Waals surface area contributed by atoms with E-state index in [4.69, 9.17) is 14.2 Å². The first-order valence-electron chi connectivity index (χ1n) is 6.71. The molecule has 0 aliphatic carbocycles. The summed E-state index contributed by atoms with van der Waals surface area (Å²) in [7, 11) is 0. The molecule has 1 aliphatic rings. The Morgan fingerprint density at radius 1 is 1.35 bits per heavy atom. The summed E-state index contributed by atoms with van der Waals surface area (Å²) in [6.45, 7) is 7.91. The van der Waals surface area contributed by atoms with Gasteiger partial charge in [0.2, 0.25) is 0 Å². The van der Waals surface area contributed by atoms with Gasteiger partial charge in [-0.1, -0.05) is 42.4 Å². The molecule has 0 aromatic rings. The summed E-state index contributed by atoms with van der Waals surface area (Å²) >= 11 is 2.33. The molecule has 102 valence electrons. The molecule has 4 heteroatoms. The van der Waals surface area contributed by atoms with Crippen LogP contribution < -0.4 is 0 Å². The molecule has 0 aromatic carbocycles. The summed E-state index contributed by atoms with van der Waals surface area (Å²) in [6, 6.07) is 0. The Morgan fingerprint density at radius 2 is 2.12 bits per heavy atom. The van der Waals surface area contributed by atoms with Gasteiger partial charge in [-0.05, 0) is 20.3 Å². The summed E-state index contributed by atoms with van der Waals surface area (Å²) in [5.41, 5.74) is 0. The molecule has 0 bridgehead atoms. The van der Waals surface area contributed by atoms with Crippen LogP contribution in [0.25, 0.3) is 0 Å². The van der Waals surface area contributed by atoms with Crippen LogP contribution in [0.3, 0.4) is 0 Å². The monoisotopic (exact) mass is 356 g/mol. The lowest BCUT2D eigenvalue weighted by molar-refractivity contribution is -0.0895. The van der Waals surface area contributed by atoms with E-state index >= 15 is 0 Å². The Morgan fingerprint density at radius 3 is 2.76 bits per heavy atom. The van der Waals surface area contributed by atoms with Gasteiger partial charge in [0.1, 0.15) is 10.2 Å². The van der Waals surface area contributed by atoms with Gasteiger partial charge < -0.3 is 14.2 Å². The molecule has 3 nitrogen and oxygen atoms in total. The van der Waals surface area contributed by atoms with Crippen molar-refractivity contribution in [3.8, 4) is 0 Å². The van der Waals surface area contributed by atoms with Gasteiger partial charge in [0.05, 0.1) is 12.2 Å². The van der Waals surface area contributed by atoms with Gasteiger partial charge in [0, 0.05) is 19.6 Å². The SMILES string of the molecule is CCCCCO[C@@H](C)C1O[C@@H](I)C[C@@H]1OCC. The lowest BCUT2D eigenvalue weighted by atomic mass is 10.1. The van der Waals surface area contributed by atoms with Crippen molar-refractivity contribution >= 4 is 22.6 Å². The van der Waals surface area contributed by atoms with Crippen LogP contribution in [0.5, 0.6) is 0 Å². The van der Waals surface area contributed by atoms with E-state index in [0.717, 1.165) is 26.1 Å². The van der Waals surface area contributed by atoms with E-state index in [1.807, 2.05) is 6.92 Å². The number of alkyl halides is 1. The second kappa shape index (κ2) is 8.67. The quantitative estimate of drug-likeness (QED) is 0.378. The number of ether oxygens (including phenoxy) is 3. The molecule has 1 heterocycles. The molecule has 0 spiro atoms. The highest BCUT2D eigenvalue weighted by Crippen LogP contribution is 2.30. The summed E-state index contributed by atoms with van der Waals surface area (Å²) in [5.74, 6) is 0.